The van der Waals surface area contributed by atoms with E-state index in [4.69, 9.17) is 18.9 Å². The predicted molar refractivity (Wildman–Crippen MR) is 126 cm³/mol. The van der Waals surface area contributed by atoms with Crippen LogP contribution in [-0.2, 0) is 5.60 Å². The smallest absolute Gasteiger partial charge is 0.159 e. The van der Waals surface area contributed by atoms with Crippen LogP contribution in [0.5, 0.6) is 28.7 Å². The molecule has 0 saturated carbocycles. The molecule has 1 unspecified atom stereocenters. The van der Waals surface area contributed by atoms with Gasteiger partial charge in [-0.2, -0.15) is 0 Å². The molecule has 0 bridgehead atoms. The summed E-state index contributed by atoms with van der Waals surface area (Å²) in [6, 6.07) is 20.7. The third-order valence-electron chi connectivity index (χ3n) is 5.88. The van der Waals surface area contributed by atoms with Gasteiger partial charge in [-0.1, -0.05) is 40.2 Å². The monoisotopic (exact) mass is 492 g/mol. The first kappa shape index (κ1) is 20.7. The lowest BCUT2D eigenvalue weighted by molar-refractivity contribution is 0.104. The fourth-order valence-electron chi connectivity index (χ4n) is 4.56. The third-order valence-corrected chi connectivity index (χ3v) is 6.38. The van der Waals surface area contributed by atoms with Crippen LogP contribution in [0.2, 0.25) is 0 Å². The molecule has 1 aliphatic rings. The van der Waals surface area contributed by atoms with Gasteiger partial charge in [0.1, 0.15) is 28.7 Å². The van der Waals surface area contributed by atoms with Crippen LogP contribution < -0.4 is 18.9 Å². The number of hydrogen-bond donors (Lipinski definition) is 1. The lowest BCUT2D eigenvalue weighted by Gasteiger charge is -2.39. The average Bonchev–Trinajstić information content (AvgIpc) is 2.82. The molecule has 0 radical (unpaired) electrons. The SMILES string of the molecule is COc1cccc(OC)c1C1(O)c2c(OC)cccc2Oc2ccc3cc(Br)ccc3c21. The Kier molecular flexibility index (Phi) is 4.99. The number of methoxy groups -OCH3 is 3. The van der Waals surface area contributed by atoms with Gasteiger partial charge in [-0.15, -0.1) is 0 Å². The molecule has 32 heavy (non-hydrogen) atoms. The Morgan fingerprint density at radius 3 is 1.97 bits per heavy atom. The van der Waals surface area contributed by atoms with E-state index in [1.54, 1.807) is 21.3 Å². The summed E-state index contributed by atoms with van der Waals surface area (Å²) in [5.41, 5.74) is -0.105. The van der Waals surface area contributed by atoms with E-state index < -0.39 is 5.60 Å². The molecule has 5 nitrogen and oxygen atoms in total. The molecule has 4 aromatic carbocycles. The van der Waals surface area contributed by atoms with Crippen LogP contribution in [0.25, 0.3) is 10.8 Å². The molecular weight excluding hydrogens is 472 g/mol. The molecule has 0 saturated heterocycles. The summed E-state index contributed by atoms with van der Waals surface area (Å²) >= 11 is 3.54. The Balaban J connectivity index is 2.00. The molecule has 6 heteroatoms. The summed E-state index contributed by atoms with van der Waals surface area (Å²) in [5, 5.41) is 14.6. The Morgan fingerprint density at radius 1 is 0.719 bits per heavy atom. The van der Waals surface area contributed by atoms with Crippen LogP contribution in [0.1, 0.15) is 16.7 Å². The molecule has 4 aromatic rings. The molecule has 1 aliphatic heterocycles. The fraction of sp³-hybridized carbons (Fsp3) is 0.154. The van der Waals surface area contributed by atoms with Crippen molar-refractivity contribution in [2.45, 2.75) is 5.60 Å². The van der Waals surface area contributed by atoms with Crippen molar-refractivity contribution in [1.82, 2.24) is 0 Å². The zero-order valence-corrected chi connectivity index (χ0v) is 19.4. The maximum atomic E-state index is 12.8. The normalized spacial score (nSPS) is 16.7. The molecular formula is C26H21BrO5. The maximum Gasteiger partial charge on any atom is 0.159 e. The van der Waals surface area contributed by atoms with Gasteiger partial charge < -0.3 is 24.1 Å². The topological polar surface area (TPSA) is 57.2 Å². The van der Waals surface area contributed by atoms with Crippen LogP contribution >= 0.6 is 15.9 Å². The van der Waals surface area contributed by atoms with Gasteiger partial charge in [0, 0.05) is 10.0 Å². The third kappa shape index (κ3) is 2.87. The van der Waals surface area contributed by atoms with Crippen molar-refractivity contribution in [2.24, 2.45) is 0 Å². The number of halogens is 1. The van der Waals surface area contributed by atoms with Crippen molar-refractivity contribution in [1.29, 1.82) is 0 Å². The second-order valence-electron chi connectivity index (χ2n) is 7.49. The van der Waals surface area contributed by atoms with Gasteiger partial charge in [-0.3, -0.25) is 0 Å². The number of benzene rings is 4. The zero-order valence-electron chi connectivity index (χ0n) is 17.8. The summed E-state index contributed by atoms with van der Waals surface area (Å²) < 4.78 is 24.3. The first-order valence-corrected chi connectivity index (χ1v) is 10.8. The number of ether oxygens (including phenoxy) is 4. The van der Waals surface area contributed by atoms with Gasteiger partial charge >= 0.3 is 0 Å². The van der Waals surface area contributed by atoms with Gasteiger partial charge in [-0.25, -0.2) is 0 Å². The van der Waals surface area contributed by atoms with E-state index in [-0.39, 0.29) is 0 Å². The molecule has 1 atom stereocenters. The number of fused-ring (bicyclic) bond motifs is 4. The Hall–Kier alpha value is -3.22. The lowest BCUT2D eigenvalue weighted by Crippen LogP contribution is -2.34. The molecule has 1 N–H and O–H groups in total. The van der Waals surface area contributed by atoms with E-state index >= 15 is 0 Å². The summed E-state index contributed by atoms with van der Waals surface area (Å²) in [6.45, 7) is 0. The minimum atomic E-state index is -1.68. The van der Waals surface area contributed by atoms with Crippen LogP contribution in [0.15, 0.2) is 71.2 Å². The van der Waals surface area contributed by atoms with E-state index in [1.165, 1.54) is 0 Å². The van der Waals surface area contributed by atoms with Crippen molar-refractivity contribution in [2.75, 3.05) is 21.3 Å². The van der Waals surface area contributed by atoms with Gasteiger partial charge in [0.05, 0.1) is 32.5 Å². The molecule has 5 rings (SSSR count). The summed E-state index contributed by atoms with van der Waals surface area (Å²) in [4.78, 5) is 0. The van der Waals surface area contributed by atoms with Gasteiger partial charge in [0.2, 0.25) is 0 Å². The van der Waals surface area contributed by atoms with Crippen LogP contribution in [0.4, 0.5) is 0 Å². The van der Waals surface area contributed by atoms with Crippen molar-refractivity contribution in [3.63, 3.8) is 0 Å². The largest absolute Gasteiger partial charge is 0.496 e. The minimum absolute atomic E-state index is 0.482. The standard InChI is InChI=1S/C26H21BrO5/c1-29-18-6-4-7-19(30-2)24(18)26(28)23-17-12-11-16(27)14-15(17)10-13-22(23)32-21-9-5-8-20(31-3)25(21)26/h4-14,28H,1-3H3. The molecule has 1 heterocycles. The summed E-state index contributed by atoms with van der Waals surface area (Å²) in [7, 11) is 4.72. The summed E-state index contributed by atoms with van der Waals surface area (Å²) in [6.07, 6.45) is 0. The summed E-state index contributed by atoms with van der Waals surface area (Å²) in [5.74, 6) is 2.54. The Morgan fingerprint density at radius 2 is 1.31 bits per heavy atom. The Bertz CT molecular complexity index is 1330. The van der Waals surface area contributed by atoms with Gasteiger partial charge in [-0.05, 0) is 53.2 Å². The highest BCUT2D eigenvalue weighted by atomic mass is 79.9. The zero-order chi connectivity index (χ0) is 22.5. The van der Waals surface area contributed by atoms with Crippen molar-refractivity contribution < 1.29 is 24.1 Å². The number of rotatable bonds is 4. The fourth-order valence-corrected chi connectivity index (χ4v) is 4.94. The van der Waals surface area contributed by atoms with Crippen molar-refractivity contribution >= 4 is 26.7 Å². The van der Waals surface area contributed by atoms with Crippen molar-refractivity contribution in [3.8, 4) is 28.7 Å². The minimum Gasteiger partial charge on any atom is -0.496 e. The molecule has 0 aromatic heterocycles. The van der Waals surface area contributed by atoms with Gasteiger partial charge in [0.25, 0.3) is 0 Å². The second-order valence-corrected chi connectivity index (χ2v) is 8.40. The van der Waals surface area contributed by atoms with Crippen LogP contribution in [-0.4, -0.2) is 26.4 Å². The van der Waals surface area contributed by atoms with E-state index in [1.807, 2.05) is 66.7 Å². The molecule has 162 valence electrons. The van der Waals surface area contributed by atoms with Crippen molar-refractivity contribution in [3.05, 3.63) is 87.9 Å². The van der Waals surface area contributed by atoms with E-state index in [0.29, 0.717) is 45.4 Å². The quantitative estimate of drug-likeness (QED) is 0.377. The van der Waals surface area contributed by atoms with E-state index in [0.717, 1.165) is 15.2 Å². The first-order valence-electron chi connectivity index (χ1n) is 10.0. The van der Waals surface area contributed by atoms with Gasteiger partial charge in [0.15, 0.2) is 5.60 Å². The number of aliphatic hydroxyl groups is 1. The molecule has 0 fully saturated rings. The average molecular weight is 493 g/mol. The molecule has 0 spiro atoms. The second kappa shape index (κ2) is 7.73. The highest BCUT2D eigenvalue weighted by Gasteiger charge is 2.49. The highest BCUT2D eigenvalue weighted by molar-refractivity contribution is 9.10. The van der Waals surface area contributed by atoms with Crippen LogP contribution in [0, 0.1) is 0 Å². The maximum absolute atomic E-state index is 12.8. The molecule has 0 aliphatic carbocycles. The Labute approximate surface area is 194 Å². The number of hydrogen-bond acceptors (Lipinski definition) is 5. The predicted octanol–water partition coefficient (Wildman–Crippen LogP) is 6.02. The van der Waals surface area contributed by atoms with E-state index in [2.05, 4.69) is 15.9 Å². The molecule has 0 amide bonds. The van der Waals surface area contributed by atoms with Crippen LogP contribution in [0.3, 0.4) is 0 Å². The highest BCUT2D eigenvalue weighted by Crippen LogP contribution is 2.58. The lowest BCUT2D eigenvalue weighted by atomic mass is 9.75. The first-order chi connectivity index (χ1) is 15.5. The van der Waals surface area contributed by atoms with E-state index in [9.17, 15) is 5.11 Å².